The van der Waals surface area contributed by atoms with Crippen molar-refractivity contribution in [3.05, 3.63) is 64.5 Å². The third-order valence-electron chi connectivity index (χ3n) is 5.23. The Morgan fingerprint density at radius 2 is 1.97 bits per heavy atom. The first kappa shape index (κ1) is 22.3. The van der Waals surface area contributed by atoms with Crippen LogP contribution in [0.2, 0.25) is 0 Å². The maximum absolute atomic E-state index is 12.3. The highest BCUT2D eigenvalue weighted by Gasteiger charge is 2.14. The highest BCUT2D eigenvalue weighted by atomic mass is 16.2. The topological polar surface area (TPSA) is 86.6 Å². The van der Waals surface area contributed by atoms with E-state index in [0.717, 1.165) is 36.3 Å². The van der Waals surface area contributed by atoms with Gasteiger partial charge in [0.1, 0.15) is 5.56 Å². The lowest BCUT2D eigenvalue weighted by atomic mass is 9.94. The second-order valence-corrected chi connectivity index (χ2v) is 7.72. The molecule has 1 aliphatic rings. The average molecular weight is 421 g/mol. The summed E-state index contributed by atoms with van der Waals surface area (Å²) in [6.45, 7) is 2.45. The molecule has 3 rings (SSSR count). The highest BCUT2D eigenvalue weighted by Crippen LogP contribution is 2.17. The van der Waals surface area contributed by atoms with Gasteiger partial charge in [-0.2, -0.15) is 0 Å². The first-order chi connectivity index (χ1) is 15.1. The molecule has 0 radical (unpaired) electrons. The summed E-state index contributed by atoms with van der Waals surface area (Å²) in [4.78, 5) is 28.3. The summed E-state index contributed by atoms with van der Waals surface area (Å²) in [5.74, 6) is 0.616. The van der Waals surface area contributed by atoms with Crippen molar-refractivity contribution in [1.29, 1.82) is 0 Å². The van der Waals surface area contributed by atoms with Crippen LogP contribution in [0, 0.1) is 12.0 Å². The Labute approximate surface area is 183 Å². The van der Waals surface area contributed by atoms with E-state index < -0.39 is 0 Å². The fourth-order valence-corrected chi connectivity index (χ4v) is 3.60. The number of carbonyl (C=O) groups is 2. The quantitative estimate of drug-likeness (QED) is 0.545. The number of nitrogens with zero attached hydrogens (tertiary/aromatic N) is 1. The maximum atomic E-state index is 12.3. The second-order valence-electron chi connectivity index (χ2n) is 7.72. The molecule has 7 nitrogen and oxygen atoms in total. The molecule has 0 bridgehead atoms. The van der Waals surface area contributed by atoms with Crippen molar-refractivity contribution in [2.24, 2.45) is 5.92 Å². The van der Waals surface area contributed by atoms with E-state index in [1.807, 2.05) is 36.4 Å². The molecule has 1 fully saturated rings. The van der Waals surface area contributed by atoms with Gasteiger partial charge in [-0.25, -0.2) is 4.79 Å². The van der Waals surface area contributed by atoms with Crippen LogP contribution in [0.4, 0.5) is 16.2 Å². The molecular formula is C24H30N5O2+. The van der Waals surface area contributed by atoms with Crippen LogP contribution in [0.15, 0.2) is 48.5 Å². The van der Waals surface area contributed by atoms with Crippen LogP contribution in [0.5, 0.6) is 0 Å². The van der Waals surface area contributed by atoms with Crippen molar-refractivity contribution in [1.82, 2.24) is 10.6 Å². The van der Waals surface area contributed by atoms with Crippen molar-refractivity contribution in [3.8, 4) is 6.07 Å². The van der Waals surface area contributed by atoms with E-state index in [9.17, 15) is 9.59 Å². The smallest absolute Gasteiger partial charge is 0.319 e. The molecule has 1 atom stereocenters. The van der Waals surface area contributed by atoms with E-state index in [-0.39, 0.29) is 11.9 Å². The van der Waals surface area contributed by atoms with Gasteiger partial charge in [0, 0.05) is 24.3 Å². The molecule has 162 valence electrons. The maximum Gasteiger partial charge on any atom is 0.319 e. The molecule has 7 heteroatoms. The van der Waals surface area contributed by atoms with E-state index in [1.165, 1.54) is 12.8 Å². The monoisotopic (exact) mass is 420 g/mol. The van der Waals surface area contributed by atoms with Gasteiger partial charge in [0.25, 0.3) is 7.05 Å². The standard InChI is InChI=1S/C24H29N5O2/c1-25-15-19-7-10-21(11-8-19)29-24(31)27-17-20-4-2-6-22(14-20)28-23(30)12-9-18-5-3-13-26-16-18/h2,4,6-8,10-11,14,18,26H,3,5,9,12-13,16-17H2,1H3,(H2,27,28,30,31)/p+1. The van der Waals surface area contributed by atoms with Crippen LogP contribution in [0.1, 0.15) is 36.8 Å². The van der Waals surface area contributed by atoms with Gasteiger partial charge in [-0.1, -0.05) is 17.0 Å². The zero-order chi connectivity index (χ0) is 21.9. The molecule has 2 aromatic rings. The number of rotatable bonds is 7. The van der Waals surface area contributed by atoms with Gasteiger partial charge < -0.3 is 21.3 Å². The first-order valence-electron chi connectivity index (χ1n) is 10.7. The molecule has 1 saturated heterocycles. The number of anilines is 2. The number of piperidine rings is 1. The normalized spacial score (nSPS) is 15.3. The third kappa shape index (κ3) is 7.76. The molecule has 0 aromatic heterocycles. The molecule has 1 aliphatic heterocycles. The van der Waals surface area contributed by atoms with Gasteiger partial charge in [0.15, 0.2) is 0 Å². The van der Waals surface area contributed by atoms with Crippen molar-refractivity contribution in [2.45, 2.75) is 32.2 Å². The van der Waals surface area contributed by atoms with Crippen LogP contribution in [0.25, 0.3) is 4.85 Å². The number of carbonyl (C=O) groups excluding carboxylic acids is 2. The Hall–Kier alpha value is -3.37. The van der Waals surface area contributed by atoms with Gasteiger partial charge in [-0.05, 0) is 80.2 Å². The number of benzene rings is 2. The van der Waals surface area contributed by atoms with Gasteiger partial charge in [0.05, 0.1) is 0 Å². The lowest BCUT2D eigenvalue weighted by molar-refractivity contribution is -0.116. The number of nitrogens with one attached hydrogen (secondary N) is 4. The number of amides is 3. The minimum atomic E-state index is -0.295. The first-order valence-corrected chi connectivity index (χ1v) is 10.7. The lowest BCUT2D eigenvalue weighted by Crippen LogP contribution is -2.30. The Morgan fingerprint density at radius 3 is 2.71 bits per heavy atom. The van der Waals surface area contributed by atoms with Crippen molar-refractivity contribution in [2.75, 3.05) is 30.8 Å². The van der Waals surface area contributed by atoms with Crippen LogP contribution in [0.3, 0.4) is 0 Å². The van der Waals surface area contributed by atoms with E-state index >= 15 is 0 Å². The van der Waals surface area contributed by atoms with Crippen molar-refractivity contribution >= 4 is 23.3 Å². The molecule has 0 aliphatic carbocycles. The summed E-state index contributed by atoms with van der Waals surface area (Å²) in [5, 5.41) is 12.0. The molecular weight excluding hydrogens is 390 g/mol. The molecule has 2 aromatic carbocycles. The Balaban J connectivity index is 1.43. The highest BCUT2D eigenvalue weighted by molar-refractivity contribution is 5.91. The minimum Gasteiger partial charge on any atom is -0.334 e. The third-order valence-corrected chi connectivity index (χ3v) is 5.23. The van der Waals surface area contributed by atoms with Crippen LogP contribution in [-0.2, 0) is 11.3 Å². The summed E-state index contributed by atoms with van der Waals surface area (Å²) in [7, 11) is 1.66. The predicted molar refractivity (Wildman–Crippen MR) is 124 cm³/mol. The molecule has 1 heterocycles. The number of hydrogen-bond acceptors (Lipinski definition) is 3. The minimum absolute atomic E-state index is 0.0298. The van der Waals surface area contributed by atoms with Crippen molar-refractivity contribution in [3.63, 3.8) is 0 Å². The zero-order valence-corrected chi connectivity index (χ0v) is 17.9. The molecule has 0 saturated carbocycles. The largest absolute Gasteiger partial charge is 0.334 e. The van der Waals surface area contributed by atoms with E-state index in [1.54, 1.807) is 19.2 Å². The molecule has 0 spiro atoms. The van der Waals surface area contributed by atoms with E-state index in [4.69, 9.17) is 0 Å². The van der Waals surface area contributed by atoms with Crippen LogP contribution in [-0.4, -0.2) is 32.1 Å². The molecule has 3 amide bonds. The summed E-state index contributed by atoms with van der Waals surface area (Å²) in [5.41, 5.74) is 3.19. The van der Waals surface area contributed by atoms with Crippen molar-refractivity contribution < 1.29 is 9.59 Å². The van der Waals surface area contributed by atoms with Gasteiger partial charge in [-0.3, -0.25) is 4.79 Å². The van der Waals surface area contributed by atoms with Crippen LogP contribution >= 0.6 is 0 Å². The Kier molecular flexibility index (Phi) is 8.44. The summed E-state index contributed by atoms with van der Waals surface area (Å²) in [6.07, 6.45) is 3.81. The molecule has 1 unspecified atom stereocenters. The predicted octanol–water partition coefficient (Wildman–Crippen LogP) is 4.04. The average Bonchev–Trinajstić information content (AvgIpc) is 2.79. The molecule has 31 heavy (non-hydrogen) atoms. The van der Waals surface area contributed by atoms with Gasteiger partial charge in [-0.15, -0.1) is 0 Å². The Morgan fingerprint density at radius 1 is 1.13 bits per heavy atom. The number of hydrogen-bond donors (Lipinski definition) is 4. The van der Waals surface area contributed by atoms with Gasteiger partial charge in [0.2, 0.25) is 5.91 Å². The van der Waals surface area contributed by atoms with E-state index in [0.29, 0.717) is 24.6 Å². The molecule has 4 N–H and O–H groups in total. The summed E-state index contributed by atoms with van der Waals surface area (Å²) in [6, 6.07) is 17.3. The summed E-state index contributed by atoms with van der Waals surface area (Å²) >= 11 is 0. The zero-order valence-electron chi connectivity index (χ0n) is 17.9. The fourth-order valence-electron chi connectivity index (χ4n) is 3.60. The SMILES string of the molecule is C[N+]#Cc1ccc(NC(=O)NCc2cccc(NC(=O)CCC3CCCNC3)c2)cc1. The number of urea groups is 1. The summed E-state index contributed by atoms with van der Waals surface area (Å²) < 4.78 is 0. The van der Waals surface area contributed by atoms with Gasteiger partial charge >= 0.3 is 12.1 Å². The van der Waals surface area contributed by atoms with E-state index in [2.05, 4.69) is 32.2 Å². The second kappa shape index (κ2) is 11.7. The van der Waals surface area contributed by atoms with Crippen LogP contribution < -0.4 is 21.3 Å². The fraction of sp³-hybridized carbons (Fsp3) is 0.375. The lowest BCUT2D eigenvalue weighted by Gasteiger charge is -2.22. The Bertz CT molecular complexity index is 940.